The van der Waals surface area contributed by atoms with E-state index in [1.165, 1.54) is 0 Å². The summed E-state index contributed by atoms with van der Waals surface area (Å²) in [5, 5.41) is 2.60. The summed E-state index contributed by atoms with van der Waals surface area (Å²) in [6.07, 6.45) is -0.520. The van der Waals surface area contributed by atoms with Crippen LogP contribution in [0.5, 0.6) is 5.75 Å². The molecular formula is C8H10N4O2. The van der Waals surface area contributed by atoms with Crippen LogP contribution in [0, 0.1) is 6.92 Å². The maximum absolute atomic E-state index is 11.2. The number of carbonyl (C=O) groups is 1. The van der Waals surface area contributed by atoms with Crippen molar-refractivity contribution in [1.29, 1.82) is 0 Å². The Kier molecular flexibility index (Phi) is 1.77. The minimum absolute atomic E-state index is 0.125. The van der Waals surface area contributed by atoms with Crippen molar-refractivity contribution in [1.82, 2.24) is 9.97 Å². The van der Waals surface area contributed by atoms with E-state index in [9.17, 15) is 4.79 Å². The Morgan fingerprint density at radius 2 is 2.21 bits per heavy atom. The summed E-state index contributed by atoms with van der Waals surface area (Å²) in [7, 11) is 0. The van der Waals surface area contributed by atoms with Crippen LogP contribution in [-0.2, 0) is 4.79 Å². The van der Waals surface area contributed by atoms with Gasteiger partial charge in [-0.05, 0) is 13.8 Å². The number of ether oxygens (including phenoxy) is 1. The van der Waals surface area contributed by atoms with Crippen molar-refractivity contribution in [3.8, 4) is 5.75 Å². The quantitative estimate of drug-likeness (QED) is 0.610. The molecule has 1 unspecified atom stereocenters. The molecule has 2 heterocycles. The highest BCUT2D eigenvalue weighted by atomic mass is 16.5. The summed E-state index contributed by atoms with van der Waals surface area (Å²) in [6, 6.07) is 0. The van der Waals surface area contributed by atoms with E-state index in [-0.39, 0.29) is 11.9 Å². The lowest BCUT2D eigenvalue weighted by molar-refractivity contribution is -0.122. The second-order valence-electron chi connectivity index (χ2n) is 3.09. The topological polar surface area (TPSA) is 90.1 Å². The van der Waals surface area contributed by atoms with Crippen molar-refractivity contribution >= 4 is 17.7 Å². The standard InChI is InChI=1S/C8H10N4O2/c1-3-5-6(12-8(9)10-3)11-7(13)4(2)14-5/h4H,1-2H3,(H3,9,10,11,12,13). The van der Waals surface area contributed by atoms with Crippen molar-refractivity contribution in [2.75, 3.05) is 11.1 Å². The number of nitrogens with one attached hydrogen (secondary N) is 1. The van der Waals surface area contributed by atoms with Crippen molar-refractivity contribution in [3.63, 3.8) is 0 Å². The highest BCUT2D eigenvalue weighted by molar-refractivity contribution is 5.96. The van der Waals surface area contributed by atoms with Gasteiger partial charge in [0.05, 0.1) is 5.69 Å². The Morgan fingerprint density at radius 1 is 1.50 bits per heavy atom. The molecule has 0 fully saturated rings. The molecule has 1 aliphatic rings. The zero-order valence-electron chi connectivity index (χ0n) is 7.87. The molecule has 14 heavy (non-hydrogen) atoms. The fourth-order valence-electron chi connectivity index (χ4n) is 1.26. The number of hydrogen-bond donors (Lipinski definition) is 2. The van der Waals surface area contributed by atoms with Crippen LogP contribution < -0.4 is 15.8 Å². The Labute approximate surface area is 80.5 Å². The molecule has 6 heteroatoms. The monoisotopic (exact) mass is 194 g/mol. The molecule has 0 aromatic carbocycles. The van der Waals surface area contributed by atoms with E-state index >= 15 is 0 Å². The molecule has 1 aliphatic heterocycles. The third kappa shape index (κ3) is 1.24. The van der Waals surface area contributed by atoms with Crippen LogP contribution >= 0.6 is 0 Å². The number of anilines is 2. The van der Waals surface area contributed by atoms with Crippen LogP contribution in [0.1, 0.15) is 12.6 Å². The largest absolute Gasteiger partial charge is 0.475 e. The first-order chi connectivity index (χ1) is 6.58. The Hall–Kier alpha value is -1.85. The molecule has 0 saturated carbocycles. The summed E-state index contributed by atoms with van der Waals surface area (Å²) in [5.74, 6) is 0.735. The Morgan fingerprint density at radius 3 is 2.93 bits per heavy atom. The van der Waals surface area contributed by atoms with Gasteiger partial charge in [-0.3, -0.25) is 4.79 Å². The number of nitrogens with two attached hydrogens (primary N) is 1. The summed E-state index contributed by atoms with van der Waals surface area (Å²) >= 11 is 0. The van der Waals surface area contributed by atoms with Crippen LogP contribution in [0.2, 0.25) is 0 Å². The van der Waals surface area contributed by atoms with Crippen molar-refractivity contribution in [2.45, 2.75) is 20.0 Å². The van der Waals surface area contributed by atoms with E-state index in [1.54, 1.807) is 13.8 Å². The van der Waals surface area contributed by atoms with Gasteiger partial charge in [0.25, 0.3) is 5.91 Å². The van der Waals surface area contributed by atoms with Crippen LogP contribution in [0.3, 0.4) is 0 Å². The van der Waals surface area contributed by atoms with E-state index in [1.807, 2.05) is 0 Å². The van der Waals surface area contributed by atoms with Gasteiger partial charge in [-0.1, -0.05) is 0 Å². The second-order valence-corrected chi connectivity index (χ2v) is 3.09. The smallest absolute Gasteiger partial charge is 0.266 e. The molecule has 2 rings (SSSR count). The number of hydrogen-bond acceptors (Lipinski definition) is 5. The minimum atomic E-state index is -0.520. The first-order valence-electron chi connectivity index (χ1n) is 4.19. The number of nitrogen functional groups attached to an aromatic ring is 1. The fourth-order valence-corrected chi connectivity index (χ4v) is 1.26. The molecule has 0 saturated heterocycles. The summed E-state index contributed by atoms with van der Waals surface area (Å²) in [4.78, 5) is 19.0. The number of aryl methyl sites for hydroxylation is 1. The fraction of sp³-hybridized carbons (Fsp3) is 0.375. The maximum Gasteiger partial charge on any atom is 0.266 e. The third-order valence-corrected chi connectivity index (χ3v) is 1.96. The van der Waals surface area contributed by atoms with E-state index in [0.717, 1.165) is 0 Å². The Balaban J connectivity index is 2.51. The van der Waals surface area contributed by atoms with Gasteiger partial charge in [0.2, 0.25) is 5.95 Å². The molecule has 6 nitrogen and oxygen atoms in total. The molecule has 0 bridgehead atoms. The molecule has 1 atom stereocenters. The molecule has 1 amide bonds. The predicted octanol–water partition coefficient (Wildman–Crippen LogP) is 0.0866. The van der Waals surface area contributed by atoms with Gasteiger partial charge in [-0.2, -0.15) is 4.98 Å². The molecule has 74 valence electrons. The van der Waals surface area contributed by atoms with Crippen molar-refractivity contribution < 1.29 is 9.53 Å². The van der Waals surface area contributed by atoms with Gasteiger partial charge in [-0.25, -0.2) is 4.98 Å². The first kappa shape index (κ1) is 8.74. The molecular weight excluding hydrogens is 184 g/mol. The van der Waals surface area contributed by atoms with Gasteiger partial charge in [-0.15, -0.1) is 0 Å². The van der Waals surface area contributed by atoms with E-state index in [2.05, 4.69) is 15.3 Å². The average Bonchev–Trinajstić information content (AvgIpc) is 2.08. The summed E-state index contributed by atoms with van der Waals surface area (Å²) in [6.45, 7) is 3.41. The number of aromatic nitrogens is 2. The number of nitrogens with zero attached hydrogens (tertiary/aromatic N) is 2. The van der Waals surface area contributed by atoms with Crippen LogP contribution in [0.25, 0.3) is 0 Å². The summed E-state index contributed by atoms with van der Waals surface area (Å²) < 4.78 is 5.34. The SMILES string of the molecule is Cc1nc(N)nc2c1OC(C)C(=O)N2. The molecule has 3 N–H and O–H groups in total. The lowest BCUT2D eigenvalue weighted by atomic mass is 10.3. The van der Waals surface area contributed by atoms with Gasteiger partial charge in [0, 0.05) is 0 Å². The zero-order chi connectivity index (χ0) is 10.3. The van der Waals surface area contributed by atoms with Gasteiger partial charge in [0.15, 0.2) is 17.7 Å². The molecule has 1 aromatic heterocycles. The van der Waals surface area contributed by atoms with Gasteiger partial charge >= 0.3 is 0 Å². The normalized spacial score (nSPS) is 19.6. The maximum atomic E-state index is 11.2. The second kappa shape index (κ2) is 2.83. The van der Waals surface area contributed by atoms with Crippen LogP contribution in [0.15, 0.2) is 0 Å². The predicted molar refractivity (Wildman–Crippen MR) is 49.9 cm³/mol. The number of carbonyl (C=O) groups excluding carboxylic acids is 1. The lowest BCUT2D eigenvalue weighted by Gasteiger charge is -2.23. The lowest BCUT2D eigenvalue weighted by Crippen LogP contribution is -2.35. The van der Waals surface area contributed by atoms with Crippen LogP contribution in [-0.4, -0.2) is 22.0 Å². The zero-order valence-corrected chi connectivity index (χ0v) is 7.87. The third-order valence-electron chi connectivity index (χ3n) is 1.96. The van der Waals surface area contributed by atoms with E-state index < -0.39 is 6.10 Å². The Bertz CT molecular complexity index is 405. The highest BCUT2D eigenvalue weighted by Crippen LogP contribution is 2.30. The van der Waals surface area contributed by atoms with E-state index in [4.69, 9.17) is 10.5 Å². The van der Waals surface area contributed by atoms with Gasteiger partial charge in [0.1, 0.15) is 0 Å². The average molecular weight is 194 g/mol. The van der Waals surface area contributed by atoms with Crippen LogP contribution in [0.4, 0.5) is 11.8 Å². The van der Waals surface area contributed by atoms with E-state index in [0.29, 0.717) is 17.3 Å². The first-order valence-corrected chi connectivity index (χ1v) is 4.19. The molecule has 1 aromatic rings. The van der Waals surface area contributed by atoms with Gasteiger partial charge < -0.3 is 15.8 Å². The molecule has 0 spiro atoms. The highest BCUT2D eigenvalue weighted by Gasteiger charge is 2.26. The molecule has 0 radical (unpaired) electrons. The summed E-state index contributed by atoms with van der Waals surface area (Å²) in [5.41, 5.74) is 6.06. The number of rotatable bonds is 0. The van der Waals surface area contributed by atoms with Crippen molar-refractivity contribution in [3.05, 3.63) is 5.69 Å². The van der Waals surface area contributed by atoms with Crippen molar-refractivity contribution in [2.24, 2.45) is 0 Å². The molecule has 0 aliphatic carbocycles. The number of fused-ring (bicyclic) bond motifs is 1. The number of amides is 1. The minimum Gasteiger partial charge on any atom is -0.475 e.